The van der Waals surface area contributed by atoms with Crippen molar-refractivity contribution in [1.29, 1.82) is 0 Å². The molecule has 1 fully saturated rings. The van der Waals surface area contributed by atoms with Gasteiger partial charge in [0.05, 0.1) is 6.61 Å². The highest BCUT2D eigenvalue weighted by Crippen LogP contribution is 2.59. The fourth-order valence-electron chi connectivity index (χ4n) is 3.58. The summed E-state index contributed by atoms with van der Waals surface area (Å²) in [7, 11) is -6.77. The lowest BCUT2D eigenvalue weighted by Gasteiger charge is -2.39. The maximum atomic E-state index is 12.9. The van der Waals surface area contributed by atoms with E-state index in [-0.39, 0.29) is 30.3 Å². The molecule has 0 spiro atoms. The van der Waals surface area contributed by atoms with Crippen LogP contribution >= 0.6 is 7.60 Å². The molecule has 1 aromatic heterocycles. The maximum Gasteiger partial charge on any atom is 0.359 e. The summed E-state index contributed by atoms with van der Waals surface area (Å²) in [4.78, 5) is 27.1. The van der Waals surface area contributed by atoms with Crippen LogP contribution in [0.15, 0.2) is 11.0 Å². The Morgan fingerprint density at radius 1 is 1.16 bits per heavy atom. The van der Waals surface area contributed by atoms with E-state index in [1.54, 1.807) is 6.92 Å². The van der Waals surface area contributed by atoms with Crippen LogP contribution < -0.4 is 11.4 Å². The molecule has 214 valence electrons. The molecule has 14 heteroatoms. The van der Waals surface area contributed by atoms with Crippen molar-refractivity contribution >= 4 is 21.7 Å². The quantitative estimate of drug-likeness (QED) is 0.207. The van der Waals surface area contributed by atoms with Crippen LogP contribution in [0.25, 0.3) is 0 Å². The average Bonchev–Trinajstić information content (AvgIpc) is 3.07. The molecule has 0 saturated carbocycles. The molecule has 12 nitrogen and oxygen atoms in total. The van der Waals surface area contributed by atoms with Gasteiger partial charge in [0.25, 0.3) is 0 Å². The Morgan fingerprint density at radius 2 is 1.73 bits per heavy atom. The fourth-order valence-corrected chi connectivity index (χ4v) is 5.93. The van der Waals surface area contributed by atoms with Gasteiger partial charge < -0.3 is 35.1 Å². The third-order valence-electron chi connectivity index (χ3n) is 7.88. The molecule has 1 aromatic rings. The van der Waals surface area contributed by atoms with E-state index in [1.165, 1.54) is 27.0 Å². The molecule has 2 rings (SSSR count). The minimum absolute atomic E-state index is 0.0192. The normalized spacial score (nSPS) is 27.9. The summed E-state index contributed by atoms with van der Waals surface area (Å²) in [5.74, 6) is -0.0192. The van der Waals surface area contributed by atoms with Crippen LogP contribution in [0.1, 0.15) is 73.1 Å². The molecular weight excluding hydrogens is 521 g/mol. The Kier molecular flexibility index (Phi) is 9.34. The van der Waals surface area contributed by atoms with E-state index in [9.17, 15) is 29.6 Å². The van der Waals surface area contributed by atoms with Crippen molar-refractivity contribution in [3.63, 3.8) is 0 Å². The van der Waals surface area contributed by atoms with Gasteiger partial charge in [-0.2, -0.15) is 4.98 Å². The highest BCUT2D eigenvalue weighted by Gasteiger charge is 2.56. The van der Waals surface area contributed by atoms with Crippen LogP contribution in [0.2, 0.25) is 18.1 Å². The van der Waals surface area contributed by atoms with Crippen molar-refractivity contribution in [1.82, 2.24) is 9.55 Å². The standard InChI is InChI=1S/C23H44N3O9PSi/c1-10-22(6,35-36(31,32)23(7,30)11-2)17-15(27)16(28)19(34-17)26-12-14(18(24)25-20(26)29)13-33-37(8,9)21(3,4)5/h12,15-17,19,27-28,30H,10-11,13H2,1-9H3,(H,31,32)(H2,24,25,29)/t15-,16+,17-,19+,22+,23?/m0/s1. The molecule has 0 bridgehead atoms. The third-order valence-corrected chi connectivity index (χ3v) is 14.6. The SMILES string of the molecule is CCC(C)(O)P(=O)(O)O[C@](C)(CC)[C@H]1O[C@@H](n2cc(CO[Si](C)(C)C(C)(C)C)c(N)nc2=O)[C@H](O)[C@@H]1O. The van der Waals surface area contributed by atoms with Crippen LogP contribution in [0.5, 0.6) is 0 Å². The highest BCUT2D eigenvalue weighted by atomic mass is 31.2. The van der Waals surface area contributed by atoms with Crippen molar-refractivity contribution in [2.75, 3.05) is 5.73 Å². The van der Waals surface area contributed by atoms with E-state index in [4.69, 9.17) is 19.4 Å². The minimum Gasteiger partial charge on any atom is -0.412 e. The Morgan fingerprint density at radius 3 is 2.22 bits per heavy atom. The van der Waals surface area contributed by atoms with Gasteiger partial charge >= 0.3 is 13.3 Å². The summed E-state index contributed by atoms with van der Waals surface area (Å²) in [6.07, 6.45) is -4.48. The first kappa shape index (κ1) is 32.1. The van der Waals surface area contributed by atoms with E-state index < -0.39 is 57.1 Å². The Bertz CT molecular complexity index is 1070. The summed E-state index contributed by atoms with van der Waals surface area (Å²) in [6, 6.07) is 0. The number of ether oxygens (including phenoxy) is 1. The van der Waals surface area contributed by atoms with Crippen LogP contribution in [0.4, 0.5) is 5.82 Å². The van der Waals surface area contributed by atoms with Crippen molar-refractivity contribution in [3.8, 4) is 0 Å². The largest absolute Gasteiger partial charge is 0.412 e. The second-order valence-corrected chi connectivity index (χ2v) is 18.7. The summed E-state index contributed by atoms with van der Waals surface area (Å²) < 4.78 is 31.5. The lowest BCUT2D eigenvalue weighted by molar-refractivity contribution is -0.128. The molecule has 0 amide bonds. The number of rotatable bonds is 10. The zero-order chi connectivity index (χ0) is 28.8. The number of hydrogen-bond acceptors (Lipinski definition) is 10. The van der Waals surface area contributed by atoms with Crippen molar-refractivity contribution in [2.24, 2.45) is 0 Å². The number of aliphatic hydroxyl groups is 3. The van der Waals surface area contributed by atoms with Gasteiger partial charge in [0.15, 0.2) is 19.9 Å². The molecule has 1 saturated heterocycles. The average molecular weight is 566 g/mol. The van der Waals surface area contributed by atoms with Crippen LogP contribution in [-0.4, -0.2) is 67.3 Å². The Labute approximate surface area is 219 Å². The van der Waals surface area contributed by atoms with Gasteiger partial charge in [-0.15, -0.1) is 0 Å². The maximum absolute atomic E-state index is 12.9. The second kappa shape index (κ2) is 10.8. The molecule has 0 aliphatic carbocycles. The smallest absolute Gasteiger partial charge is 0.359 e. The monoisotopic (exact) mass is 565 g/mol. The molecule has 2 unspecified atom stereocenters. The zero-order valence-electron chi connectivity index (χ0n) is 23.3. The lowest BCUT2D eigenvalue weighted by Crippen LogP contribution is -2.49. The molecule has 7 atom stereocenters. The first-order chi connectivity index (χ1) is 16.6. The summed E-state index contributed by atoms with van der Waals surface area (Å²) in [5.41, 5.74) is 3.98. The summed E-state index contributed by atoms with van der Waals surface area (Å²) >= 11 is 0. The minimum atomic E-state index is -4.61. The topological polar surface area (TPSA) is 187 Å². The van der Waals surface area contributed by atoms with Crippen LogP contribution in [-0.2, 0) is 24.9 Å². The van der Waals surface area contributed by atoms with Gasteiger partial charge in [0.1, 0.15) is 29.7 Å². The molecule has 6 N–H and O–H groups in total. The van der Waals surface area contributed by atoms with Gasteiger partial charge in [-0.3, -0.25) is 13.7 Å². The Balaban J connectivity index is 2.40. The van der Waals surface area contributed by atoms with Gasteiger partial charge in [-0.25, -0.2) is 4.79 Å². The second-order valence-electron chi connectivity index (χ2n) is 11.7. The van der Waals surface area contributed by atoms with Crippen molar-refractivity contribution < 1.29 is 38.5 Å². The highest BCUT2D eigenvalue weighted by molar-refractivity contribution is 7.54. The molecule has 2 heterocycles. The molecule has 0 aromatic carbocycles. The van der Waals surface area contributed by atoms with E-state index in [2.05, 4.69) is 38.8 Å². The molecule has 1 aliphatic rings. The number of anilines is 1. The van der Waals surface area contributed by atoms with E-state index in [0.29, 0.717) is 5.56 Å². The number of aromatic nitrogens is 2. The predicted molar refractivity (Wildman–Crippen MR) is 141 cm³/mol. The zero-order valence-corrected chi connectivity index (χ0v) is 25.2. The van der Waals surface area contributed by atoms with Crippen molar-refractivity contribution in [2.45, 2.75) is 122 Å². The van der Waals surface area contributed by atoms with Crippen LogP contribution in [0.3, 0.4) is 0 Å². The number of nitrogen functional groups attached to an aromatic ring is 1. The van der Waals surface area contributed by atoms with Crippen LogP contribution in [0, 0.1) is 0 Å². The predicted octanol–water partition coefficient (Wildman–Crippen LogP) is 2.46. The molecular formula is C23H44N3O9PSi. The number of hydrogen-bond donors (Lipinski definition) is 5. The molecule has 0 radical (unpaired) electrons. The van der Waals surface area contributed by atoms with E-state index in [0.717, 1.165) is 4.57 Å². The van der Waals surface area contributed by atoms with E-state index in [1.807, 2.05) is 0 Å². The fraction of sp³-hybridized carbons (Fsp3) is 0.826. The van der Waals surface area contributed by atoms with Gasteiger partial charge in [-0.05, 0) is 44.8 Å². The summed E-state index contributed by atoms with van der Waals surface area (Å²) in [6.45, 7) is 16.3. The molecule has 1 aliphatic heterocycles. The van der Waals surface area contributed by atoms with Gasteiger partial charge in [-0.1, -0.05) is 34.6 Å². The van der Waals surface area contributed by atoms with E-state index >= 15 is 0 Å². The van der Waals surface area contributed by atoms with Gasteiger partial charge in [0.2, 0.25) is 0 Å². The third kappa shape index (κ3) is 6.37. The summed E-state index contributed by atoms with van der Waals surface area (Å²) in [5, 5.41) is 30.0. The first-order valence-corrected chi connectivity index (χ1v) is 16.9. The number of nitrogens with zero attached hydrogens (tertiary/aromatic N) is 2. The Hall–Kier alpha value is -1.15. The molecule has 37 heavy (non-hydrogen) atoms. The van der Waals surface area contributed by atoms with Gasteiger partial charge in [0, 0.05) is 11.8 Å². The lowest BCUT2D eigenvalue weighted by atomic mass is 9.91. The number of aliphatic hydroxyl groups excluding tert-OH is 2. The number of nitrogens with two attached hydrogens (primary N) is 1. The van der Waals surface area contributed by atoms with Crippen molar-refractivity contribution in [3.05, 3.63) is 22.2 Å². The first-order valence-electron chi connectivity index (χ1n) is 12.4.